The Balaban J connectivity index is 1.55. The number of rotatable bonds is 9. The van der Waals surface area contributed by atoms with Crippen molar-refractivity contribution >= 4 is 22.4 Å². The average Bonchev–Trinajstić information content (AvgIpc) is 3.26. The van der Waals surface area contributed by atoms with Gasteiger partial charge in [-0.2, -0.15) is 0 Å². The van der Waals surface area contributed by atoms with Gasteiger partial charge in [-0.05, 0) is 56.4 Å². The second-order valence-corrected chi connectivity index (χ2v) is 8.55. The van der Waals surface area contributed by atoms with E-state index in [2.05, 4.69) is 35.6 Å². The van der Waals surface area contributed by atoms with E-state index >= 15 is 0 Å². The third-order valence-corrected chi connectivity index (χ3v) is 5.93. The van der Waals surface area contributed by atoms with Gasteiger partial charge in [-0.25, -0.2) is 0 Å². The van der Waals surface area contributed by atoms with E-state index in [1.54, 1.807) is 12.3 Å². The number of allylic oxidation sites excluding steroid dienone is 1. The lowest BCUT2D eigenvalue weighted by Gasteiger charge is -2.14. The number of carbonyl (C=O) groups is 1. The van der Waals surface area contributed by atoms with Crippen LogP contribution in [0, 0.1) is 0 Å². The van der Waals surface area contributed by atoms with Gasteiger partial charge in [0.05, 0.1) is 12.9 Å². The highest BCUT2D eigenvalue weighted by atomic mass is 16.5. The zero-order chi connectivity index (χ0) is 23.9. The van der Waals surface area contributed by atoms with Crippen LogP contribution >= 0.6 is 0 Å². The Labute approximate surface area is 201 Å². The van der Waals surface area contributed by atoms with Crippen LogP contribution in [-0.2, 0) is 11.2 Å². The Morgan fingerprint density at radius 2 is 1.76 bits per heavy atom. The summed E-state index contributed by atoms with van der Waals surface area (Å²) in [6, 6.07) is 24.5. The Morgan fingerprint density at radius 1 is 1.06 bits per heavy atom. The number of furan rings is 1. The molecule has 1 atom stereocenters. The summed E-state index contributed by atoms with van der Waals surface area (Å²) in [6.45, 7) is 6.46. The van der Waals surface area contributed by atoms with Crippen molar-refractivity contribution in [3.05, 3.63) is 96.3 Å². The van der Waals surface area contributed by atoms with E-state index in [9.17, 15) is 4.79 Å². The summed E-state index contributed by atoms with van der Waals surface area (Å²) in [5.41, 5.74) is 5.88. The fourth-order valence-corrected chi connectivity index (χ4v) is 4.14. The molecule has 4 heteroatoms. The molecule has 3 aromatic carbocycles. The minimum Gasteiger partial charge on any atom is -0.493 e. The summed E-state index contributed by atoms with van der Waals surface area (Å²) < 4.78 is 11.7. The summed E-state index contributed by atoms with van der Waals surface area (Å²) >= 11 is 0. The Kier molecular flexibility index (Phi) is 7.48. The molecular formula is C30H31NO3. The third kappa shape index (κ3) is 5.57. The van der Waals surface area contributed by atoms with Crippen LogP contribution in [0.3, 0.4) is 0 Å². The molecule has 1 amide bonds. The van der Waals surface area contributed by atoms with Crippen LogP contribution in [0.5, 0.6) is 5.75 Å². The SMILES string of the molecule is CCOc1cc2occ(-c3ccccc3)c2cc1/C(C)=C/C(=O)NC(C)CCc1ccccc1. The molecule has 4 aromatic rings. The monoisotopic (exact) mass is 453 g/mol. The lowest BCUT2D eigenvalue weighted by Crippen LogP contribution is -2.31. The van der Waals surface area contributed by atoms with Gasteiger partial charge >= 0.3 is 0 Å². The van der Waals surface area contributed by atoms with Crippen molar-refractivity contribution < 1.29 is 13.9 Å². The number of fused-ring (bicyclic) bond motifs is 1. The molecule has 0 aliphatic rings. The van der Waals surface area contributed by atoms with Crippen molar-refractivity contribution in [1.82, 2.24) is 5.32 Å². The van der Waals surface area contributed by atoms with E-state index in [-0.39, 0.29) is 11.9 Å². The van der Waals surface area contributed by atoms with Gasteiger partial charge in [-0.1, -0.05) is 60.7 Å². The minimum absolute atomic E-state index is 0.0733. The van der Waals surface area contributed by atoms with Crippen molar-refractivity contribution in [2.75, 3.05) is 6.61 Å². The molecule has 0 bridgehead atoms. The van der Waals surface area contributed by atoms with Crippen molar-refractivity contribution in [2.24, 2.45) is 0 Å². The largest absolute Gasteiger partial charge is 0.493 e. The van der Waals surface area contributed by atoms with E-state index in [1.807, 2.05) is 63.2 Å². The van der Waals surface area contributed by atoms with Gasteiger partial charge in [0, 0.05) is 34.7 Å². The first-order chi connectivity index (χ1) is 16.5. The number of ether oxygens (including phenoxy) is 1. The second-order valence-electron chi connectivity index (χ2n) is 8.55. The fourth-order valence-electron chi connectivity index (χ4n) is 4.14. The molecule has 4 nitrogen and oxygen atoms in total. The van der Waals surface area contributed by atoms with Crippen LogP contribution in [-0.4, -0.2) is 18.6 Å². The maximum atomic E-state index is 12.8. The molecule has 1 heterocycles. The number of amides is 1. The highest BCUT2D eigenvalue weighted by molar-refractivity contribution is 6.00. The van der Waals surface area contributed by atoms with E-state index in [4.69, 9.17) is 9.15 Å². The Bertz CT molecular complexity index is 1270. The predicted molar refractivity (Wildman–Crippen MR) is 139 cm³/mol. The molecule has 0 spiro atoms. The number of hydrogen-bond acceptors (Lipinski definition) is 3. The van der Waals surface area contributed by atoms with Gasteiger partial charge in [-0.3, -0.25) is 4.79 Å². The topological polar surface area (TPSA) is 51.5 Å². The number of carbonyl (C=O) groups excluding carboxylic acids is 1. The van der Waals surface area contributed by atoms with Crippen molar-refractivity contribution in [2.45, 2.75) is 39.7 Å². The minimum atomic E-state index is -0.101. The predicted octanol–water partition coefficient (Wildman–Crippen LogP) is 7.04. The number of aryl methyl sites for hydroxylation is 1. The highest BCUT2D eigenvalue weighted by Gasteiger charge is 2.15. The molecule has 1 unspecified atom stereocenters. The van der Waals surface area contributed by atoms with E-state index in [1.165, 1.54) is 5.56 Å². The molecule has 1 N–H and O–H groups in total. The van der Waals surface area contributed by atoms with Gasteiger partial charge in [0.15, 0.2) is 0 Å². The zero-order valence-electron chi connectivity index (χ0n) is 20.0. The van der Waals surface area contributed by atoms with Crippen molar-refractivity contribution in [3.8, 4) is 16.9 Å². The van der Waals surface area contributed by atoms with Gasteiger partial charge in [0.25, 0.3) is 0 Å². The van der Waals surface area contributed by atoms with Gasteiger partial charge in [-0.15, -0.1) is 0 Å². The fraction of sp³-hybridized carbons (Fsp3) is 0.233. The van der Waals surface area contributed by atoms with Gasteiger partial charge in [0.2, 0.25) is 5.91 Å². The normalized spacial score (nSPS) is 12.5. The summed E-state index contributed by atoms with van der Waals surface area (Å²) in [7, 11) is 0. The first-order valence-electron chi connectivity index (χ1n) is 11.8. The van der Waals surface area contributed by atoms with Crippen LogP contribution in [0.15, 0.2) is 89.6 Å². The first-order valence-corrected chi connectivity index (χ1v) is 11.8. The van der Waals surface area contributed by atoms with E-state index < -0.39 is 0 Å². The van der Waals surface area contributed by atoms with Crippen molar-refractivity contribution in [3.63, 3.8) is 0 Å². The summed E-state index contributed by atoms with van der Waals surface area (Å²) in [6.07, 6.45) is 5.25. The summed E-state index contributed by atoms with van der Waals surface area (Å²) in [5, 5.41) is 4.09. The second kappa shape index (κ2) is 10.9. The molecular weight excluding hydrogens is 422 g/mol. The molecule has 0 saturated heterocycles. The molecule has 0 radical (unpaired) electrons. The molecule has 0 saturated carbocycles. The van der Waals surface area contributed by atoms with Crippen LogP contribution < -0.4 is 10.1 Å². The average molecular weight is 454 g/mol. The van der Waals surface area contributed by atoms with Crippen LogP contribution in [0.25, 0.3) is 27.7 Å². The van der Waals surface area contributed by atoms with E-state index in [0.29, 0.717) is 12.4 Å². The lowest BCUT2D eigenvalue weighted by molar-refractivity contribution is -0.117. The number of benzene rings is 3. The maximum Gasteiger partial charge on any atom is 0.244 e. The first kappa shape index (κ1) is 23.4. The van der Waals surface area contributed by atoms with Crippen LogP contribution in [0.4, 0.5) is 0 Å². The highest BCUT2D eigenvalue weighted by Crippen LogP contribution is 2.37. The number of hydrogen-bond donors (Lipinski definition) is 1. The zero-order valence-corrected chi connectivity index (χ0v) is 20.0. The smallest absolute Gasteiger partial charge is 0.244 e. The Morgan fingerprint density at radius 3 is 2.47 bits per heavy atom. The van der Waals surface area contributed by atoms with Gasteiger partial charge in [0.1, 0.15) is 11.3 Å². The standard InChI is InChI=1S/C30H31NO3/c1-4-33-28-19-29-26(27(20-34-29)24-13-9-6-10-14-24)18-25(28)21(2)17-30(32)31-22(3)15-16-23-11-7-5-8-12-23/h5-14,17-20,22H,4,15-16H2,1-3H3,(H,31,32)/b21-17+. The molecule has 1 aromatic heterocycles. The van der Waals surface area contributed by atoms with Gasteiger partial charge < -0.3 is 14.5 Å². The summed E-state index contributed by atoms with van der Waals surface area (Å²) in [4.78, 5) is 12.8. The van der Waals surface area contributed by atoms with Crippen molar-refractivity contribution in [1.29, 1.82) is 0 Å². The molecule has 4 rings (SSSR count). The Hall–Kier alpha value is -3.79. The molecule has 174 valence electrons. The quantitative estimate of drug-likeness (QED) is 0.277. The van der Waals surface area contributed by atoms with Crippen LogP contribution in [0.2, 0.25) is 0 Å². The number of nitrogens with one attached hydrogen (secondary N) is 1. The van der Waals surface area contributed by atoms with E-state index in [0.717, 1.165) is 46.1 Å². The molecule has 34 heavy (non-hydrogen) atoms. The lowest BCUT2D eigenvalue weighted by atomic mass is 9.99. The molecule has 0 aliphatic carbocycles. The third-order valence-electron chi connectivity index (χ3n) is 5.93. The molecule has 0 aliphatic heterocycles. The van der Waals surface area contributed by atoms with Crippen LogP contribution in [0.1, 0.15) is 38.3 Å². The molecule has 0 fully saturated rings. The summed E-state index contributed by atoms with van der Waals surface area (Å²) in [5.74, 6) is 0.610. The maximum absolute atomic E-state index is 12.8.